The van der Waals surface area contributed by atoms with E-state index in [1.165, 1.54) is 19.2 Å². The molecule has 0 aromatic heterocycles. The normalized spacial score (nSPS) is 27.5. The molecule has 14 nitrogen and oxygen atoms in total. The molecule has 2 aromatic rings. The van der Waals surface area contributed by atoms with Crippen molar-refractivity contribution in [3.8, 4) is 11.5 Å². The number of hydrogen-bond donors (Lipinski definition) is 6. The monoisotopic (exact) mass is 614 g/mol. The van der Waals surface area contributed by atoms with Gasteiger partial charge in [0.2, 0.25) is 0 Å². The zero-order valence-electron chi connectivity index (χ0n) is 24.1. The third kappa shape index (κ3) is 5.74. The quantitative estimate of drug-likeness (QED) is 0.160. The number of carbonyl (C=O) groups excluding carboxylic acids is 4. The predicted octanol–water partition coefficient (Wildman–Crippen LogP) is 0.721. The van der Waals surface area contributed by atoms with E-state index in [2.05, 4.69) is 10.1 Å². The first-order chi connectivity index (χ1) is 20.8. The Balaban J connectivity index is 1.50. The maximum absolute atomic E-state index is 13.5. The molecule has 0 bridgehead atoms. The van der Waals surface area contributed by atoms with Crippen LogP contribution in [0.25, 0.3) is 0 Å². The number of hydrogen-bond acceptors (Lipinski definition) is 13. The molecule has 1 amide bonds. The summed E-state index contributed by atoms with van der Waals surface area (Å²) in [7, 11) is 1.21. The van der Waals surface area contributed by atoms with Crippen molar-refractivity contribution in [1.29, 1.82) is 0 Å². The number of ketones is 2. The minimum absolute atomic E-state index is 0.0371. The number of aliphatic hydroxyl groups is 2. The van der Waals surface area contributed by atoms with Gasteiger partial charge in [-0.2, -0.15) is 0 Å². The number of methoxy groups -OCH3 is 1. The third-order valence-corrected chi connectivity index (χ3v) is 8.22. The van der Waals surface area contributed by atoms with Crippen LogP contribution in [-0.4, -0.2) is 94.5 Å². The highest BCUT2D eigenvalue weighted by Crippen LogP contribution is 2.51. The van der Waals surface area contributed by atoms with Crippen molar-refractivity contribution in [2.75, 3.05) is 20.3 Å². The minimum atomic E-state index is -1.89. The van der Waals surface area contributed by atoms with E-state index in [-0.39, 0.29) is 48.1 Å². The van der Waals surface area contributed by atoms with Crippen molar-refractivity contribution in [2.24, 2.45) is 5.73 Å². The number of esters is 1. The number of rotatable bonds is 7. The number of phenolic OH excluding ortho intramolecular Hbond substituents is 2. The summed E-state index contributed by atoms with van der Waals surface area (Å²) in [5.41, 5.74) is 3.34. The van der Waals surface area contributed by atoms with Crippen LogP contribution in [0.1, 0.15) is 75.3 Å². The van der Waals surface area contributed by atoms with E-state index in [0.29, 0.717) is 0 Å². The number of aromatic hydroxyl groups is 2. The van der Waals surface area contributed by atoms with Crippen LogP contribution in [0, 0.1) is 0 Å². The molecule has 0 radical (unpaired) electrons. The highest BCUT2D eigenvalue weighted by molar-refractivity contribution is 6.30. The van der Waals surface area contributed by atoms with Gasteiger partial charge in [-0.25, -0.2) is 4.79 Å². The van der Waals surface area contributed by atoms with Gasteiger partial charge in [0.25, 0.3) is 0 Å². The van der Waals surface area contributed by atoms with Crippen LogP contribution in [0.3, 0.4) is 0 Å². The molecule has 7 N–H and O–H groups in total. The van der Waals surface area contributed by atoms with Gasteiger partial charge < -0.3 is 50.4 Å². The number of carbonyl (C=O) groups is 4. The fourth-order valence-electron chi connectivity index (χ4n) is 5.96. The molecule has 44 heavy (non-hydrogen) atoms. The van der Waals surface area contributed by atoms with Crippen LogP contribution in [0.2, 0.25) is 0 Å². The second-order valence-corrected chi connectivity index (χ2v) is 11.3. The van der Waals surface area contributed by atoms with E-state index in [1.54, 1.807) is 19.1 Å². The molecule has 0 unspecified atom stereocenters. The lowest BCUT2D eigenvalue weighted by atomic mass is 9.73. The number of phenols is 2. The van der Waals surface area contributed by atoms with Crippen molar-refractivity contribution < 1.29 is 58.6 Å². The summed E-state index contributed by atoms with van der Waals surface area (Å²) in [5.74, 6) is -3.14. The SMILES string of the molecule is COC(=O)CCNC(=O)OC[C@]1(O)Cc2c(O)c3c(c(O)c2[C@@H](O[C@H]2C[C@H](N)[C@H](O)[C@H](C)O2)C1)C(=O)c1ccccc1C3=O. The molecule has 5 rings (SSSR count). The summed E-state index contributed by atoms with van der Waals surface area (Å²) in [5, 5.41) is 47.2. The maximum atomic E-state index is 13.5. The Morgan fingerprint density at radius 2 is 1.75 bits per heavy atom. The van der Waals surface area contributed by atoms with Crippen molar-refractivity contribution in [1.82, 2.24) is 5.32 Å². The first kappa shape index (κ1) is 31.3. The number of alkyl carbamates (subject to hydrolysis) is 1. The molecule has 3 aliphatic rings. The highest BCUT2D eigenvalue weighted by atomic mass is 16.7. The molecule has 0 spiro atoms. The summed E-state index contributed by atoms with van der Waals surface area (Å²) in [6.07, 6.45) is -5.66. The lowest BCUT2D eigenvalue weighted by Gasteiger charge is -2.42. The van der Waals surface area contributed by atoms with Gasteiger partial charge in [0.1, 0.15) is 23.7 Å². The summed E-state index contributed by atoms with van der Waals surface area (Å²) < 4.78 is 21.7. The molecule has 6 atom stereocenters. The van der Waals surface area contributed by atoms with Crippen molar-refractivity contribution >= 4 is 23.6 Å². The lowest BCUT2D eigenvalue weighted by molar-refractivity contribution is -0.248. The Hall–Kier alpha value is -4.08. The van der Waals surface area contributed by atoms with Crippen molar-refractivity contribution in [2.45, 2.75) is 68.9 Å². The average Bonchev–Trinajstić information content (AvgIpc) is 2.99. The molecule has 1 heterocycles. The highest BCUT2D eigenvalue weighted by Gasteiger charge is 2.48. The van der Waals surface area contributed by atoms with Gasteiger partial charge in [-0.05, 0) is 6.92 Å². The minimum Gasteiger partial charge on any atom is -0.507 e. The Morgan fingerprint density at radius 1 is 1.11 bits per heavy atom. The van der Waals surface area contributed by atoms with E-state index < -0.39 is 95.5 Å². The number of benzene rings is 2. The topological polar surface area (TPSA) is 224 Å². The van der Waals surface area contributed by atoms with Gasteiger partial charge in [0, 0.05) is 54.1 Å². The second-order valence-electron chi connectivity index (χ2n) is 11.3. The molecule has 14 heteroatoms. The molecular formula is C30H34N2O12. The smallest absolute Gasteiger partial charge is 0.407 e. The zero-order valence-corrected chi connectivity index (χ0v) is 24.1. The third-order valence-electron chi connectivity index (χ3n) is 8.22. The predicted molar refractivity (Wildman–Crippen MR) is 149 cm³/mol. The Kier molecular flexibility index (Phi) is 8.64. The van der Waals surface area contributed by atoms with Gasteiger partial charge in [0.15, 0.2) is 17.9 Å². The van der Waals surface area contributed by atoms with E-state index in [4.69, 9.17) is 19.9 Å². The van der Waals surface area contributed by atoms with E-state index >= 15 is 0 Å². The van der Waals surface area contributed by atoms with Crippen molar-refractivity contribution in [3.63, 3.8) is 0 Å². The molecule has 1 saturated heterocycles. The Labute approximate surface area is 251 Å². The first-order valence-electron chi connectivity index (χ1n) is 14.1. The van der Waals surface area contributed by atoms with E-state index in [1.807, 2.05) is 0 Å². The van der Waals surface area contributed by atoms with Crippen LogP contribution < -0.4 is 11.1 Å². The largest absolute Gasteiger partial charge is 0.507 e. The van der Waals surface area contributed by atoms with E-state index in [9.17, 15) is 39.6 Å². The summed E-state index contributed by atoms with van der Waals surface area (Å²) >= 11 is 0. The summed E-state index contributed by atoms with van der Waals surface area (Å²) in [4.78, 5) is 50.6. The molecule has 236 valence electrons. The number of nitrogens with one attached hydrogen (secondary N) is 1. The van der Waals surface area contributed by atoms with Gasteiger partial charge in [0.05, 0.1) is 43.0 Å². The maximum Gasteiger partial charge on any atom is 0.407 e. The van der Waals surface area contributed by atoms with Gasteiger partial charge in [-0.1, -0.05) is 24.3 Å². The Bertz CT molecular complexity index is 1500. The van der Waals surface area contributed by atoms with Crippen LogP contribution >= 0.6 is 0 Å². The molecular weight excluding hydrogens is 580 g/mol. The molecule has 0 saturated carbocycles. The van der Waals surface area contributed by atoms with E-state index in [0.717, 1.165) is 0 Å². The zero-order chi connectivity index (χ0) is 31.9. The number of aliphatic hydroxyl groups excluding tert-OH is 1. The fourth-order valence-corrected chi connectivity index (χ4v) is 5.96. The fraction of sp³-hybridized carbons (Fsp3) is 0.467. The Morgan fingerprint density at radius 3 is 2.36 bits per heavy atom. The number of ether oxygens (including phenoxy) is 4. The number of nitrogens with two attached hydrogens (primary N) is 1. The van der Waals surface area contributed by atoms with Crippen molar-refractivity contribution in [3.05, 3.63) is 57.6 Å². The standard InChI is InChI=1S/C30H34N2O12/c1-13-24(34)17(31)9-20(43-13)44-18-11-30(40,12-42-29(39)32-8-7-19(33)41-2)10-16-21(18)28(38)23-22(27(16)37)25(35)14-5-3-4-6-15(14)26(23)36/h3-6,13,17-18,20,24,34,37-38,40H,7-12,31H2,1-2H3,(H,32,39)/t13-,17-,18-,20-,24+,30-/m0/s1. The van der Waals surface area contributed by atoms with Crippen LogP contribution in [0.4, 0.5) is 4.79 Å². The molecule has 1 aliphatic heterocycles. The molecule has 2 aliphatic carbocycles. The van der Waals surface area contributed by atoms with Crippen LogP contribution in [0.15, 0.2) is 24.3 Å². The van der Waals surface area contributed by atoms with Gasteiger partial charge >= 0.3 is 12.1 Å². The molecule has 2 aromatic carbocycles. The number of fused-ring (bicyclic) bond motifs is 3. The molecule has 1 fully saturated rings. The van der Waals surface area contributed by atoms with Crippen LogP contribution in [-0.2, 0) is 30.2 Å². The summed E-state index contributed by atoms with van der Waals surface area (Å²) in [6, 6.07) is 5.29. The lowest BCUT2D eigenvalue weighted by Crippen LogP contribution is -2.52. The van der Waals surface area contributed by atoms with Gasteiger partial charge in [-0.15, -0.1) is 0 Å². The first-order valence-corrected chi connectivity index (χ1v) is 14.1. The second kappa shape index (κ2) is 12.1. The summed E-state index contributed by atoms with van der Waals surface area (Å²) in [6.45, 7) is 0.906. The van der Waals surface area contributed by atoms with Crippen LogP contribution in [0.5, 0.6) is 11.5 Å². The average molecular weight is 615 g/mol. The number of amides is 1. The van der Waals surface area contributed by atoms with Gasteiger partial charge in [-0.3, -0.25) is 14.4 Å².